The van der Waals surface area contributed by atoms with Gasteiger partial charge in [0.2, 0.25) is 5.91 Å². The first-order valence-electron chi connectivity index (χ1n) is 5.98. The molecular formula is C13H18N2O2. The molecule has 4 heteroatoms. The highest BCUT2D eigenvalue weighted by molar-refractivity contribution is 5.98. The predicted molar refractivity (Wildman–Crippen MR) is 68.6 cm³/mol. The van der Waals surface area contributed by atoms with Gasteiger partial charge >= 0.3 is 0 Å². The molecule has 1 atom stereocenters. The van der Waals surface area contributed by atoms with Crippen molar-refractivity contribution in [3.63, 3.8) is 0 Å². The van der Waals surface area contributed by atoms with Crippen molar-refractivity contribution in [3.8, 4) is 5.75 Å². The van der Waals surface area contributed by atoms with Gasteiger partial charge in [0.05, 0.1) is 12.8 Å². The Morgan fingerprint density at radius 1 is 1.47 bits per heavy atom. The summed E-state index contributed by atoms with van der Waals surface area (Å²) in [6, 6.07) is 5.94. The van der Waals surface area contributed by atoms with Crippen LogP contribution >= 0.6 is 0 Å². The van der Waals surface area contributed by atoms with E-state index in [1.165, 1.54) is 0 Å². The topological polar surface area (TPSA) is 50.4 Å². The van der Waals surface area contributed by atoms with Crippen molar-refractivity contribution in [1.82, 2.24) is 0 Å². The number of fused-ring (bicyclic) bond motifs is 1. The van der Waals surface area contributed by atoms with Crippen LogP contribution in [0.5, 0.6) is 5.75 Å². The van der Waals surface area contributed by atoms with Crippen LogP contribution in [0, 0.1) is 0 Å². The Morgan fingerprint density at radius 2 is 2.29 bits per heavy atom. The lowest BCUT2D eigenvalue weighted by atomic mass is 10.1. The van der Waals surface area contributed by atoms with Crippen molar-refractivity contribution < 1.29 is 9.53 Å². The van der Waals surface area contributed by atoms with E-state index >= 15 is 0 Å². The summed E-state index contributed by atoms with van der Waals surface area (Å²) in [5, 5.41) is 6.31. The second-order valence-electron chi connectivity index (χ2n) is 4.27. The first-order chi connectivity index (χ1) is 8.24. The van der Waals surface area contributed by atoms with Crippen molar-refractivity contribution in [3.05, 3.63) is 18.2 Å². The number of anilines is 2. The van der Waals surface area contributed by atoms with Gasteiger partial charge in [0.15, 0.2) is 0 Å². The molecule has 0 aliphatic carbocycles. The largest absolute Gasteiger partial charge is 0.494 e. The highest BCUT2D eigenvalue weighted by Crippen LogP contribution is 2.35. The summed E-state index contributed by atoms with van der Waals surface area (Å²) in [4.78, 5) is 11.8. The summed E-state index contributed by atoms with van der Waals surface area (Å²) in [6.45, 7) is 2.12. The molecule has 1 unspecified atom stereocenters. The SMILES string of the molecule is CCCC1CC(=O)Nc2c(cccc2OC)N1. The van der Waals surface area contributed by atoms with E-state index in [-0.39, 0.29) is 11.9 Å². The molecule has 0 saturated heterocycles. The quantitative estimate of drug-likeness (QED) is 0.845. The summed E-state index contributed by atoms with van der Waals surface area (Å²) in [5.74, 6) is 0.736. The zero-order valence-electron chi connectivity index (χ0n) is 10.2. The van der Waals surface area contributed by atoms with E-state index in [0.29, 0.717) is 12.2 Å². The summed E-state index contributed by atoms with van der Waals surface area (Å²) in [6.07, 6.45) is 2.56. The van der Waals surface area contributed by atoms with Crippen LogP contribution in [0.25, 0.3) is 0 Å². The van der Waals surface area contributed by atoms with Gasteiger partial charge in [-0.1, -0.05) is 19.4 Å². The molecule has 0 bridgehead atoms. The molecule has 92 valence electrons. The number of rotatable bonds is 3. The number of amides is 1. The van der Waals surface area contributed by atoms with Gasteiger partial charge < -0.3 is 15.4 Å². The third-order valence-electron chi connectivity index (χ3n) is 2.94. The maximum absolute atomic E-state index is 11.8. The summed E-state index contributed by atoms with van der Waals surface area (Å²) < 4.78 is 5.26. The Hall–Kier alpha value is -1.71. The van der Waals surface area contributed by atoms with Crippen LogP contribution in [0.1, 0.15) is 26.2 Å². The molecule has 1 aromatic rings. The number of hydrogen-bond acceptors (Lipinski definition) is 3. The van der Waals surface area contributed by atoms with Crippen molar-refractivity contribution in [1.29, 1.82) is 0 Å². The minimum atomic E-state index is 0.0409. The van der Waals surface area contributed by atoms with Crippen LogP contribution in [0.3, 0.4) is 0 Å². The second kappa shape index (κ2) is 5.08. The average Bonchev–Trinajstić information content (AvgIpc) is 2.46. The highest BCUT2D eigenvalue weighted by Gasteiger charge is 2.22. The van der Waals surface area contributed by atoms with E-state index < -0.39 is 0 Å². The van der Waals surface area contributed by atoms with Gasteiger partial charge in [-0.2, -0.15) is 0 Å². The summed E-state index contributed by atoms with van der Waals surface area (Å²) in [5.41, 5.74) is 1.69. The van der Waals surface area contributed by atoms with E-state index in [4.69, 9.17) is 4.74 Å². The fraction of sp³-hybridized carbons (Fsp3) is 0.462. The molecule has 17 heavy (non-hydrogen) atoms. The maximum Gasteiger partial charge on any atom is 0.226 e. The first kappa shape index (κ1) is 11.8. The Morgan fingerprint density at radius 3 is 3.00 bits per heavy atom. The molecule has 0 radical (unpaired) electrons. The van der Waals surface area contributed by atoms with Crippen molar-refractivity contribution in [2.24, 2.45) is 0 Å². The lowest BCUT2D eigenvalue weighted by Crippen LogP contribution is -2.22. The predicted octanol–water partition coefficient (Wildman–Crippen LogP) is 2.62. The number of methoxy groups -OCH3 is 1. The van der Waals surface area contributed by atoms with Crippen LogP contribution in [-0.4, -0.2) is 19.1 Å². The molecule has 0 saturated carbocycles. The highest BCUT2D eigenvalue weighted by atomic mass is 16.5. The third kappa shape index (κ3) is 2.52. The van der Waals surface area contributed by atoms with Gasteiger partial charge in [0.25, 0.3) is 0 Å². The molecule has 0 aromatic heterocycles. The van der Waals surface area contributed by atoms with E-state index in [1.54, 1.807) is 7.11 Å². The van der Waals surface area contributed by atoms with E-state index in [1.807, 2.05) is 18.2 Å². The van der Waals surface area contributed by atoms with Crippen LogP contribution in [0.4, 0.5) is 11.4 Å². The molecule has 4 nitrogen and oxygen atoms in total. The zero-order valence-corrected chi connectivity index (χ0v) is 10.2. The molecular weight excluding hydrogens is 216 g/mol. The fourth-order valence-electron chi connectivity index (χ4n) is 2.16. The van der Waals surface area contributed by atoms with Gasteiger partial charge in [-0.05, 0) is 18.6 Å². The molecule has 1 aliphatic heterocycles. The normalized spacial score (nSPS) is 18.7. The Labute approximate surface area is 101 Å². The van der Waals surface area contributed by atoms with Gasteiger partial charge in [0, 0.05) is 12.5 Å². The Bertz CT molecular complexity index is 418. The zero-order chi connectivity index (χ0) is 12.3. The van der Waals surface area contributed by atoms with Crippen LogP contribution in [0.2, 0.25) is 0 Å². The molecule has 1 aliphatic rings. The van der Waals surface area contributed by atoms with Crippen LogP contribution in [0.15, 0.2) is 18.2 Å². The molecule has 1 aromatic carbocycles. The number of nitrogens with one attached hydrogen (secondary N) is 2. The van der Waals surface area contributed by atoms with Crippen molar-refractivity contribution in [2.45, 2.75) is 32.2 Å². The van der Waals surface area contributed by atoms with Gasteiger partial charge in [0.1, 0.15) is 11.4 Å². The standard InChI is InChI=1S/C13H18N2O2/c1-3-5-9-8-12(16)15-13-10(14-9)6-4-7-11(13)17-2/h4,6-7,9,14H,3,5,8H2,1-2H3,(H,15,16). The van der Waals surface area contributed by atoms with Gasteiger partial charge in [-0.3, -0.25) is 4.79 Å². The molecule has 0 spiro atoms. The van der Waals surface area contributed by atoms with Crippen molar-refractivity contribution in [2.75, 3.05) is 17.7 Å². The number of hydrogen-bond donors (Lipinski definition) is 2. The van der Waals surface area contributed by atoms with Crippen LogP contribution in [-0.2, 0) is 4.79 Å². The third-order valence-corrected chi connectivity index (χ3v) is 2.94. The molecule has 1 heterocycles. The number of benzene rings is 1. The number of carbonyl (C=O) groups excluding carboxylic acids is 1. The van der Waals surface area contributed by atoms with E-state index in [0.717, 1.165) is 24.2 Å². The Balaban J connectivity index is 2.33. The van der Waals surface area contributed by atoms with Crippen molar-refractivity contribution >= 4 is 17.3 Å². The second-order valence-corrected chi connectivity index (χ2v) is 4.27. The minimum Gasteiger partial charge on any atom is -0.494 e. The molecule has 1 amide bonds. The maximum atomic E-state index is 11.8. The average molecular weight is 234 g/mol. The first-order valence-corrected chi connectivity index (χ1v) is 5.98. The Kier molecular flexibility index (Phi) is 3.52. The number of para-hydroxylation sites is 1. The van der Waals surface area contributed by atoms with E-state index in [9.17, 15) is 4.79 Å². The van der Waals surface area contributed by atoms with Gasteiger partial charge in [-0.25, -0.2) is 0 Å². The molecule has 2 rings (SSSR count). The minimum absolute atomic E-state index is 0.0409. The smallest absolute Gasteiger partial charge is 0.226 e. The summed E-state index contributed by atoms with van der Waals surface area (Å²) in [7, 11) is 1.61. The molecule has 2 N–H and O–H groups in total. The lowest BCUT2D eigenvalue weighted by molar-refractivity contribution is -0.116. The lowest BCUT2D eigenvalue weighted by Gasteiger charge is -2.16. The molecule has 0 fully saturated rings. The van der Waals surface area contributed by atoms with Gasteiger partial charge in [-0.15, -0.1) is 0 Å². The van der Waals surface area contributed by atoms with Crippen LogP contribution < -0.4 is 15.4 Å². The van der Waals surface area contributed by atoms with E-state index in [2.05, 4.69) is 17.6 Å². The number of carbonyl (C=O) groups is 1. The fourth-order valence-corrected chi connectivity index (χ4v) is 2.16. The summed E-state index contributed by atoms with van der Waals surface area (Å²) >= 11 is 0. The monoisotopic (exact) mass is 234 g/mol. The number of ether oxygens (including phenoxy) is 1.